The average Bonchev–Trinajstić information content (AvgIpc) is 2.88. The second-order valence-electron chi connectivity index (χ2n) is 5.62. The molecular formula is C15H18N6O3. The zero-order valence-corrected chi connectivity index (χ0v) is 13.1. The van der Waals surface area contributed by atoms with Crippen molar-refractivity contribution in [2.45, 2.75) is 19.3 Å². The maximum atomic E-state index is 12.5. The van der Waals surface area contributed by atoms with E-state index in [0.29, 0.717) is 50.4 Å². The molecule has 1 N–H and O–H groups in total. The zero-order valence-electron chi connectivity index (χ0n) is 13.1. The average molecular weight is 330 g/mol. The van der Waals surface area contributed by atoms with Gasteiger partial charge in [-0.15, -0.1) is 0 Å². The van der Waals surface area contributed by atoms with Gasteiger partial charge in [-0.2, -0.15) is 5.10 Å². The van der Waals surface area contributed by atoms with Crippen molar-refractivity contribution in [1.82, 2.24) is 25.2 Å². The number of rotatable bonds is 2. The molecule has 0 radical (unpaired) electrons. The van der Waals surface area contributed by atoms with Crippen LogP contribution in [0.5, 0.6) is 0 Å². The molecule has 9 heteroatoms. The summed E-state index contributed by atoms with van der Waals surface area (Å²) >= 11 is 0. The molecule has 126 valence electrons. The largest absolute Gasteiger partial charge is 0.336 e. The van der Waals surface area contributed by atoms with E-state index in [4.69, 9.17) is 0 Å². The van der Waals surface area contributed by atoms with Crippen LogP contribution in [-0.2, 0) is 9.59 Å². The van der Waals surface area contributed by atoms with Gasteiger partial charge in [0, 0.05) is 51.4 Å². The van der Waals surface area contributed by atoms with Crippen molar-refractivity contribution in [2.75, 3.05) is 26.2 Å². The smallest absolute Gasteiger partial charge is 0.274 e. The third kappa shape index (κ3) is 3.55. The van der Waals surface area contributed by atoms with Crippen molar-refractivity contribution < 1.29 is 14.4 Å². The summed E-state index contributed by atoms with van der Waals surface area (Å²) in [6.45, 7) is 1.97. The predicted octanol–water partition coefficient (Wildman–Crippen LogP) is -0.583. The molecule has 0 aliphatic carbocycles. The highest BCUT2D eigenvalue weighted by Gasteiger charge is 2.27. The molecule has 0 aromatic carbocycles. The van der Waals surface area contributed by atoms with Gasteiger partial charge < -0.3 is 9.80 Å². The Bertz CT molecular complexity index is 675. The minimum absolute atomic E-state index is 0.177. The van der Waals surface area contributed by atoms with Gasteiger partial charge in [-0.05, 0) is 6.42 Å². The Hall–Kier alpha value is -2.84. The first-order chi connectivity index (χ1) is 11.6. The summed E-state index contributed by atoms with van der Waals surface area (Å²) in [5.74, 6) is -0.536. The van der Waals surface area contributed by atoms with Crippen LogP contribution >= 0.6 is 0 Å². The normalized spacial score (nSPS) is 18.5. The van der Waals surface area contributed by atoms with Gasteiger partial charge >= 0.3 is 0 Å². The third-order valence-corrected chi connectivity index (χ3v) is 4.00. The second kappa shape index (κ2) is 7.16. The maximum absolute atomic E-state index is 12.5. The summed E-state index contributed by atoms with van der Waals surface area (Å²) < 4.78 is 0. The lowest BCUT2D eigenvalue weighted by Crippen LogP contribution is -2.42. The fraction of sp³-hybridized carbons (Fsp3) is 0.467. The van der Waals surface area contributed by atoms with Crippen LogP contribution in [0.15, 0.2) is 23.7 Å². The summed E-state index contributed by atoms with van der Waals surface area (Å²) in [6.07, 6.45) is 5.74. The molecule has 0 unspecified atom stereocenters. The van der Waals surface area contributed by atoms with Crippen LogP contribution in [0, 0.1) is 0 Å². The van der Waals surface area contributed by atoms with E-state index in [1.54, 1.807) is 9.80 Å². The van der Waals surface area contributed by atoms with E-state index in [1.165, 1.54) is 18.6 Å². The second-order valence-corrected chi connectivity index (χ2v) is 5.62. The van der Waals surface area contributed by atoms with E-state index in [-0.39, 0.29) is 24.1 Å². The highest BCUT2D eigenvalue weighted by Crippen LogP contribution is 2.10. The van der Waals surface area contributed by atoms with E-state index in [1.807, 2.05) is 0 Å². The van der Waals surface area contributed by atoms with Gasteiger partial charge in [-0.1, -0.05) is 0 Å². The van der Waals surface area contributed by atoms with Gasteiger partial charge in [-0.3, -0.25) is 19.4 Å². The molecule has 2 aliphatic heterocycles. The quantitative estimate of drug-likeness (QED) is 0.780. The first-order valence-corrected chi connectivity index (χ1v) is 7.85. The van der Waals surface area contributed by atoms with Crippen molar-refractivity contribution in [1.29, 1.82) is 0 Å². The van der Waals surface area contributed by atoms with E-state index in [2.05, 4.69) is 20.5 Å². The molecular weight excluding hydrogens is 312 g/mol. The number of hydrogen-bond acceptors (Lipinski definition) is 6. The molecule has 0 saturated carbocycles. The van der Waals surface area contributed by atoms with Crippen LogP contribution in [0.1, 0.15) is 29.8 Å². The molecule has 3 amide bonds. The van der Waals surface area contributed by atoms with Crippen LogP contribution in [0.2, 0.25) is 0 Å². The van der Waals surface area contributed by atoms with Crippen LogP contribution in [0.4, 0.5) is 0 Å². The van der Waals surface area contributed by atoms with Crippen molar-refractivity contribution in [3.8, 4) is 0 Å². The number of hydrogen-bond donors (Lipinski definition) is 1. The molecule has 0 spiro atoms. The Morgan fingerprint density at radius 3 is 2.38 bits per heavy atom. The number of aromatic nitrogens is 2. The molecule has 0 atom stereocenters. The molecule has 24 heavy (non-hydrogen) atoms. The van der Waals surface area contributed by atoms with Crippen molar-refractivity contribution in [3.63, 3.8) is 0 Å². The monoisotopic (exact) mass is 330 g/mol. The fourth-order valence-electron chi connectivity index (χ4n) is 2.71. The summed E-state index contributed by atoms with van der Waals surface area (Å²) in [5, 5.41) is 3.85. The van der Waals surface area contributed by atoms with Gasteiger partial charge in [-0.25, -0.2) is 10.4 Å². The van der Waals surface area contributed by atoms with Crippen molar-refractivity contribution in [2.24, 2.45) is 5.10 Å². The molecule has 3 heterocycles. The number of carbonyl (C=O) groups excluding carboxylic acids is 3. The van der Waals surface area contributed by atoms with Crippen molar-refractivity contribution in [3.05, 3.63) is 24.3 Å². The first-order valence-electron chi connectivity index (χ1n) is 7.85. The summed E-state index contributed by atoms with van der Waals surface area (Å²) in [7, 11) is 0. The third-order valence-electron chi connectivity index (χ3n) is 4.00. The van der Waals surface area contributed by atoms with E-state index in [9.17, 15) is 14.4 Å². The minimum Gasteiger partial charge on any atom is -0.336 e. The van der Waals surface area contributed by atoms with Gasteiger partial charge in [0.1, 0.15) is 11.4 Å². The summed E-state index contributed by atoms with van der Waals surface area (Å²) in [5.41, 5.74) is 3.00. The number of nitrogens with zero attached hydrogens (tertiary/aromatic N) is 5. The topological polar surface area (TPSA) is 108 Å². The zero-order chi connectivity index (χ0) is 16.9. The molecule has 3 rings (SSSR count). The predicted molar refractivity (Wildman–Crippen MR) is 83.9 cm³/mol. The SMILES string of the molecule is O=C1CCC(C(=O)N2CCCN(C(=O)c3cnccn3)CC2)=NN1. The molecule has 1 aromatic heterocycles. The van der Waals surface area contributed by atoms with E-state index < -0.39 is 0 Å². The standard InChI is InChI=1S/C15H18N6O3/c22-13-3-2-11(18-19-13)14(23)20-6-1-7-21(9-8-20)15(24)12-10-16-4-5-17-12/h4-5,10H,1-3,6-9H2,(H,19,22). The summed E-state index contributed by atoms with van der Waals surface area (Å²) in [4.78, 5) is 47.3. The minimum atomic E-state index is -0.181. The van der Waals surface area contributed by atoms with E-state index in [0.717, 1.165) is 0 Å². The Labute approximate surface area is 138 Å². The van der Waals surface area contributed by atoms with Crippen LogP contribution in [-0.4, -0.2) is 69.4 Å². The van der Waals surface area contributed by atoms with Crippen molar-refractivity contribution >= 4 is 23.4 Å². The first kappa shape index (κ1) is 16.0. The lowest BCUT2D eigenvalue weighted by atomic mass is 10.1. The number of amides is 3. The lowest BCUT2D eigenvalue weighted by molar-refractivity contribution is -0.124. The Kier molecular flexibility index (Phi) is 4.78. The van der Waals surface area contributed by atoms with Crippen LogP contribution in [0.25, 0.3) is 0 Å². The van der Waals surface area contributed by atoms with Gasteiger partial charge in [0.05, 0.1) is 6.20 Å². The number of hydrazone groups is 1. The Morgan fingerprint density at radius 1 is 1.00 bits per heavy atom. The molecule has 0 bridgehead atoms. The molecule has 2 aliphatic rings. The van der Waals surface area contributed by atoms with Gasteiger partial charge in [0.2, 0.25) is 5.91 Å². The number of carbonyl (C=O) groups is 3. The highest BCUT2D eigenvalue weighted by atomic mass is 16.2. The molecule has 1 aromatic rings. The molecule has 9 nitrogen and oxygen atoms in total. The van der Waals surface area contributed by atoms with Crippen LogP contribution < -0.4 is 5.43 Å². The van der Waals surface area contributed by atoms with Gasteiger partial charge in [0.25, 0.3) is 11.8 Å². The molecule has 1 saturated heterocycles. The Morgan fingerprint density at radius 2 is 1.75 bits per heavy atom. The van der Waals surface area contributed by atoms with E-state index >= 15 is 0 Å². The molecule has 1 fully saturated rings. The number of nitrogens with one attached hydrogen (secondary N) is 1. The Balaban J connectivity index is 1.62. The highest BCUT2D eigenvalue weighted by molar-refractivity contribution is 6.39. The van der Waals surface area contributed by atoms with Gasteiger partial charge in [0.15, 0.2) is 0 Å². The lowest BCUT2D eigenvalue weighted by Gasteiger charge is -2.23. The maximum Gasteiger partial charge on any atom is 0.274 e. The summed E-state index contributed by atoms with van der Waals surface area (Å²) in [6, 6.07) is 0. The van der Waals surface area contributed by atoms with Crippen LogP contribution in [0.3, 0.4) is 0 Å². The fourth-order valence-corrected chi connectivity index (χ4v) is 2.71.